The molecule has 132 valence electrons. The van der Waals surface area contributed by atoms with E-state index in [0.29, 0.717) is 17.3 Å². The van der Waals surface area contributed by atoms with Crippen molar-refractivity contribution in [3.05, 3.63) is 54.6 Å². The summed E-state index contributed by atoms with van der Waals surface area (Å²) in [7, 11) is -1.81. The van der Waals surface area contributed by atoms with Crippen LogP contribution in [0.15, 0.2) is 54.6 Å². The van der Waals surface area contributed by atoms with Gasteiger partial charge in [0, 0.05) is 6.07 Å². The second-order valence-corrected chi connectivity index (χ2v) is 7.84. The maximum absolute atomic E-state index is 11.4. The van der Waals surface area contributed by atoms with Gasteiger partial charge in [0.05, 0.1) is 35.6 Å². The van der Waals surface area contributed by atoms with Gasteiger partial charge >= 0.3 is 0 Å². The van der Waals surface area contributed by atoms with E-state index >= 15 is 0 Å². The lowest BCUT2D eigenvalue weighted by molar-refractivity contribution is 0.416. The van der Waals surface area contributed by atoms with E-state index in [9.17, 15) is 8.42 Å². The Morgan fingerprint density at radius 3 is 2.46 bits per heavy atom. The quantitative estimate of drug-likeness (QED) is 0.575. The highest BCUT2D eigenvalue weighted by Crippen LogP contribution is 2.33. The summed E-state index contributed by atoms with van der Waals surface area (Å²) in [6, 6.07) is 17.3. The number of rotatable bonds is 4. The Bertz CT molecular complexity index is 1180. The lowest BCUT2D eigenvalue weighted by Gasteiger charge is -2.09. The number of sulfonamides is 1. The molecule has 0 spiro atoms. The standard InChI is InChI=1S/C19H17N3O3S/c1-25-18-11-14(22-26(2,23)24)7-8-15(18)19-20-16-9-12-5-3-4-6-13(12)10-17(16)21-19/h3-11,22H,1-2H3,(H,20,21). The van der Waals surface area contributed by atoms with Gasteiger partial charge in [-0.3, -0.25) is 4.72 Å². The third kappa shape index (κ3) is 3.09. The van der Waals surface area contributed by atoms with E-state index in [-0.39, 0.29) is 0 Å². The molecule has 0 amide bonds. The topological polar surface area (TPSA) is 84.1 Å². The Morgan fingerprint density at radius 1 is 1.04 bits per heavy atom. The third-order valence-corrected chi connectivity index (χ3v) is 4.72. The molecule has 0 aliphatic carbocycles. The monoisotopic (exact) mass is 367 g/mol. The van der Waals surface area contributed by atoms with Crippen LogP contribution in [0, 0.1) is 0 Å². The molecular weight excluding hydrogens is 350 g/mol. The molecule has 4 rings (SSSR count). The van der Waals surface area contributed by atoms with E-state index in [2.05, 4.69) is 32.9 Å². The van der Waals surface area contributed by atoms with Gasteiger partial charge in [-0.1, -0.05) is 24.3 Å². The van der Waals surface area contributed by atoms with Crippen molar-refractivity contribution in [2.24, 2.45) is 0 Å². The van der Waals surface area contributed by atoms with Crippen molar-refractivity contribution in [2.75, 3.05) is 18.1 Å². The van der Waals surface area contributed by atoms with Crippen molar-refractivity contribution in [1.82, 2.24) is 9.97 Å². The maximum atomic E-state index is 11.4. The average molecular weight is 367 g/mol. The Kier molecular flexibility index (Phi) is 3.81. The third-order valence-electron chi connectivity index (χ3n) is 4.11. The van der Waals surface area contributed by atoms with Crippen LogP contribution in [0.2, 0.25) is 0 Å². The first-order valence-electron chi connectivity index (χ1n) is 7.98. The van der Waals surface area contributed by atoms with Crippen LogP contribution in [0.5, 0.6) is 5.75 Å². The molecule has 4 aromatic rings. The molecule has 0 aliphatic rings. The number of methoxy groups -OCH3 is 1. The van der Waals surface area contributed by atoms with Crippen molar-refractivity contribution in [2.45, 2.75) is 0 Å². The minimum absolute atomic E-state index is 0.440. The molecular formula is C19H17N3O3S. The Hall–Kier alpha value is -3.06. The lowest BCUT2D eigenvalue weighted by atomic mass is 10.1. The summed E-state index contributed by atoms with van der Waals surface area (Å²) in [5.41, 5.74) is 2.99. The van der Waals surface area contributed by atoms with Crippen LogP contribution in [0.3, 0.4) is 0 Å². The molecule has 0 bridgehead atoms. The Labute approximate surface area is 150 Å². The van der Waals surface area contributed by atoms with Crippen molar-refractivity contribution in [3.63, 3.8) is 0 Å². The van der Waals surface area contributed by atoms with E-state index < -0.39 is 10.0 Å². The Morgan fingerprint density at radius 2 is 1.77 bits per heavy atom. The molecule has 1 heterocycles. The predicted octanol–water partition coefficient (Wildman–Crippen LogP) is 3.76. The smallest absolute Gasteiger partial charge is 0.229 e. The molecule has 0 saturated heterocycles. The van der Waals surface area contributed by atoms with Crippen molar-refractivity contribution >= 4 is 37.5 Å². The molecule has 2 N–H and O–H groups in total. The molecule has 0 fully saturated rings. The van der Waals surface area contributed by atoms with Crippen LogP contribution in [-0.4, -0.2) is 31.8 Å². The number of hydrogen-bond donors (Lipinski definition) is 2. The van der Waals surface area contributed by atoms with Gasteiger partial charge in [-0.2, -0.15) is 0 Å². The van der Waals surface area contributed by atoms with Gasteiger partial charge in [-0.25, -0.2) is 13.4 Å². The fraction of sp³-hybridized carbons (Fsp3) is 0.105. The fourth-order valence-corrected chi connectivity index (χ4v) is 3.54. The van der Waals surface area contributed by atoms with E-state index in [0.717, 1.165) is 33.6 Å². The molecule has 0 unspecified atom stereocenters. The molecule has 1 aromatic heterocycles. The number of benzene rings is 3. The highest BCUT2D eigenvalue weighted by Gasteiger charge is 2.13. The molecule has 0 aliphatic heterocycles. The van der Waals surface area contributed by atoms with Crippen LogP contribution < -0.4 is 9.46 Å². The first-order chi connectivity index (χ1) is 12.4. The highest BCUT2D eigenvalue weighted by molar-refractivity contribution is 7.92. The largest absolute Gasteiger partial charge is 0.496 e. The van der Waals surface area contributed by atoms with Gasteiger partial charge in [0.2, 0.25) is 10.0 Å². The van der Waals surface area contributed by atoms with Gasteiger partial charge in [0.1, 0.15) is 11.6 Å². The zero-order valence-electron chi connectivity index (χ0n) is 14.3. The van der Waals surface area contributed by atoms with Crippen molar-refractivity contribution in [3.8, 4) is 17.1 Å². The van der Waals surface area contributed by atoms with Crippen LogP contribution in [-0.2, 0) is 10.0 Å². The average Bonchev–Trinajstić information content (AvgIpc) is 3.00. The summed E-state index contributed by atoms with van der Waals surface area (Å²) < 4.78 is 30.7. The summed E-state index contributed by atoms with van der Waals surface area (Å²) in [6.45, 7) is 0. The molecule has 0 atom stereocenters. The SMILES string of the molecule is COc1cc(NS(C)(=O)=O)ccc1-c1nc2cc3ccccc3cc2[nH]1. The number of nitrogens with one attached hydrogen (secondary N) is 2. The minimum Gasteiger partial charge on any atom is -0.496 e. The lowest BCUT2D eigenvalue weighted by Crippen LogP contribution is -2.09. The maximum Gasteiger partial charge on any atom is 0.229 e. The van der Waals surface area contributed by atoms with E-state index in [1.54, 1.807) is 25.3 Å². The van der Waals surface area contributed by atoms with E-state index in [4.69, 9.17) is 4.74 Å². The van der Waals surface area contributed by atoms with E-state index in [1.165, 1.54) is 0 Å². The number of fused-ring (bicyclic) bond motifs is 2. The molecule has 3 aromatic carbocycles. The van der Waals surface area contributed by atoms with Gasteiger partial charge in [-0.05, 0) is 35.0 Å². The number of ether oxygens (including phenoxy) is 1. The van der Waals surface area contributed by atoms with Crippen LogP contribution in [0.1, 0.15) is 0 Å². The molecule has 6 nitrogen and oxygen atoms in total. The summed E-state index contributed by atoms with van der Waals surface area (Å²) in [4.78, 5) is 7.99. The number of hydrogen-bond acceptors (Lipinski definition) is 4. The molecule has 26 heavy (non-hydrogen) atoms. The second-order valence-electron chi connectivity index (χ2n) is 6.09. The summed E-state index contributed by atoms with van der Waals surface area (Å²) in [6.07, 6.45) is 1.11. The number of aromatic nitrogens is 2. The number of H-pyrrole nitrogens is 1. The zero-order chi connectivity index (χ0) is 18.3. The van der Waals surface area contributed by atoms with Crippen molar-refractivity contribution < 1.29 is 13.2 Å². The second kappa shape index (κ2) is 6.03. The summed E-state index contributed by atoms with van der Waals surface area (Å²) in [5.74, 6) is 1.19. The van der Waals surface area contributed by atoms with Gasteiger partial charge < -0.3 is 9.72 Å². The van der Waals surface area contributed by atoms with Crippen LogP contribution >= 0.6 is 0 Å². The zero-order valence-corrected chi connectivity index (χ0v) is 15.1. The fourth-order valence-electron chi connectivity index (χ4n) is 2.99. The first kappa shape index (κ1) is 16.4. The van der Waals surface area contributed by atoms with Gasteiger partial charge in [0.15, 0.2) is 0 Å². The van der Waals surface area contributed by atoms with Gasteiger partial charge in [-0.15, -0.1) is 0 Å². The van der Waals surface area contributed by atoms with Gasteiger partial charge in [0.25, 0.3) is 0 Å². The molecule has 0 saturated carbocycles. The summed E-state index contributed by atoms with van der Waals surface area (Å²) >= 11 is 0. The number of anilines is 1. The minimum atomic E-state index is -3.35. The number of imidazole rings is 1. The van der Waals surface area contributed by atoms with Crippen LogP contribution in [0.4, 0.5) is 5.69 Å². The predicted molar refractivity (Wildman–Crippen MR) is 104 cm³/mol. The molecule has 7 heteroatoms. The highest BCUT2D eigenvalue weighted by atomic mass is 32.2. The van der Waals surface area contributed by atoms with E-state index in [1.807, 2.05) is 18.2 Å². The number of aromatic amines is 1. The number of nitrogens with zero attached hydrogens (tertiary/aromatic N) is 1. The van der Waals surface area contributed by atoms with Crippen LogP contribution in [0.25, 0.3) is 33.2 Å². The summed E-state index contributed by atoms with van der Waals surface area (Å²) in [5, 5.41) is 2.26. The first-order valence-corrected chi connectivity index (χ1v) is 9.87. The van der Waals surface area contributed by atoms with Crippen molar-refractivity contribution in [1.29, 1.82) is 0 Å². The Balaban J connectivity index is 1.82. The normalized spacial score (nSPS) is 11.8. The molecule has 0 radical (unpaired) electrons.